The minimum atomic E-state index is 0.480. The van der Waals surface area contributed by atoms with Crippen LogP contribution >= 0.6 is 0 Å². The van der Waals surface area contributed by atoms with Gasteiger partial charge in [-0.25, -0.2) is 0 Å². The molecule has 0 bridgehead atoms. The number of piperidine rings is 1. The highest BCUT2D eigenvalue weighted by Crippen LogP contribution is 2.05. The Hall–Kier alpha value is 0.180. The molecule has 0 atom stereocenters. The van der Waals surface area contributed by atoms with E-state index in [1.165, 1.54) is 47.4 Å². The summed E-state index contributed by atoms with van der Waals surface area (Å²) in [5.74, 6) is 0. The summed E-state index contributed by atoms with van der Waals surface area (Å²) in [6.45, 7) is 2.45. The van der Waals surface area contributed by atoms with Gasteiger partial charge in [-0.1, -0.05) is 0 Å². The fraction of sp³-hybridized carbons (Fsp3) is 1.00. The zero-order valence-electron chi connectivity index (χ0n) is 7.55. The van der Waals surface area contributed by atoms with Gasteiger partial charge in [-0.2, -0.15) is 0 Å². The molecule has 0 saturated carbocycles. The average Bonchev–Trinajstić information content (AvgIpc) is 2.04. The maximum Gasteiger partial charge on any atom is 0.156 e. The van der Waals surface area contributed by atoms with Gasteiger partial charge in [0.25, 0.3) is 0 Å². The van der Waals surface area contributed by atoms with Crippen molar-refractivity contribution in [1.82, 2.24) is 4.81 Å². The van der Waals surface area contributed by atoms with Crippen LogP contribution in [0.1, 0.15) is 12.8 Å². The van der Waals surface area contributed by atoms with Crippen molar-refractivity contribution in [3.05, 3.63) is 0 Å². The van der Waals surface area contributed by atoms with Gasteiger partial charge in [0.05, 0.1) is 14.8 Å². The molecule has 0 aromatic heterocycles. The molecule has 1 saturated heterocycles. The maximum absolute atomic E-state index is 5.80. The monoisotopic (exact) mass is 148 g/mol. The van der Waals surface area contributed by atoms with Gasteiger partial charge in [0.1, 0.15) is 0 Å². The summed E-state index contributed by atoms with van der Waals surface area (Å²) in [6.07, 6.45) is 2.40. The van der Waals surface area contributed by atoms with Crippen molar-refractivity contribution >= 4 is 29.2 Å². The van der Waals surface area contributed by atoms with Crippen LogP contribution < -0.4 is 5.73 Å². The van der Waals surface area contributed by atoms with Crippen LogP contribution in [0.5, 0.6) is 0 Å². The summed E-state index contributed by atoms with van der Waals surface area (Å²) in [5, 5.41) is 0. The molecule has 1 rings (SSSR count). The van der Waals surface area contributed by atoms with Crippen LogP contribution in [-0.4, -0.2) is 53.1 Å². The number of nitrogens with two attached hydrogens (primary N) is 1. The Balaban J connectivity index is 2.07. The first kappa shape index (κ1) is 9.27. The summed E-state index contributed by atoms with van der Waals surface area (Å²) >= 11 is 0. The maximum atomic E-state index is 5.80. The van der Waals surface area contributed by atoms with E-state index in [0.29, 0.717) is 6.04 Å². The number of nitrogens with zero attached hydrogens (tertiary/aromatic N) is 1. The van der Waals surface area contributed by atoms with Gasteiger partial charge in [-0.3, -0.25) is 0 Å². The average molecular weight is 147 g/mol. The van der Waals surface area contributed by atoms with E-state index < -0.39 is 0 Å². The van der Waals surface area contributed by atoms with E-state index in [1.54, 1.807) is 0 Å². The second kappa shape index (κ2) is 4.94. The van der Waals surface area contributed by atoms with Crippen molar-refractivity contribution in [2.45, 2.75) is 18.9 Å². The van der Waals surface area contributed by atoms with Crippen molar-refractivity contribution in [3.63, 3.8) is 0 Å². The third-order valence-corrected chi connectivity index (χ3v) is 2.46. The summed E-state index contributed by atoms with van der Waals surface area (Å²) in [4.78, 5) is 2.53. The van der Waals surface area contributed by atoms with Crippen LogP contribution in [0.15, 0.2) is 0 Å². The molecule has 0 aromatic rings. The molecule has 6 heteroatoms. The van der Waals surface area contributed by atoms with Gasteiger partial charge >= 0.3 is 0 Å². The molecule has 0 radical (unpaired) electrons. The molecule has 0 spiro atoms. The predicted octanol–water partition coefficient (Wildman–Crippen LogP) is -2.99. The summed E-state index contributed by atoms with van der Waals surface area (Å²) in [5.41, 5.74) is 5.80. The smallest absolute Gasteiger partial charge is 0.156 e. The van der Waals surface area contributed by atoms with Crippen LogP contribution in [0.3, 0.4) is 0 Å². The molecular formula is C5H16B4N2. The van der Waals surface area contributed by atoms with Crippen molar-refractivity contribution in [1.29, 1.82) is 0 Å². The van der Waals surface area contributed by atoms with Gasteiger partial charge < -0.3 is 10.5 Å². The van der Waals surface area contributed by atoms with Crippen LogP contribution in [0, 0.1) is 0 Å². The molecule has 11 heavy (non-hydrogen) atoms. The molecule has 0 amide bonds. The fourth-order valence-corrected chi connectivity index (χ4v) is 1.56. The van der Waals surface area contributed by atoms with Gasteiger partial charge in [0.2, 0.25) is 0 Å². The largest absolute Gasteiger partial charge is 0.353 e. The topological polar surface area (TPSA) is 29.3 Å². The van der Waals surface area contributed by atoms with Gasteiger partial charge in [0.15, 0.2) is 7.31 Å². The number of hydrogen-bond donors (Lipinski definition) is 1. The van der Waals surface area contributed by atoms with E-state index in [-0.39, 0.29) is 0 Å². The first-order valence-electron chi connectivity index (χ1n) is 4.81. The lowest BCUT2D eigenvalue weighted by atomic mass is 9.15. The third-order valence-electron chi connectivity index (χ3n) is 2.46. The molecule has 2 N–H and O–H groups in total. The molecule has 1 heterocycles. The predicted molar refractivity (Wildman–Crippen MR) is 58.8 cm³/mol. The highest BCUT2D eigenvalue weighted by atomic mass is 15.0. The SMILES string of the molecule is BBBBN1CCC(N)CC1. The zero-order valence-corrected chi connectivity index (χ0v) is 7.55. The molecular weight excluding hydrogens is 131 g/mol. The second-order valence-corrected chi connectivity index (χ2v) is 3.53. The van der Waals surface area contributed by atoms with Gasteiger partial charge in [-0.05, 0) is 25.9 Å². The van der Waals surface area contributed by atoms with Crippen LogP contribution in [0.4, 0.5) is 0 Å². The van der Waals surface area contributed by atoms with Crippen molar-refractivity contribution in [2.24, 2.45) is 5.73 Å². The second-order valence-electron chi connectivity index (χ2n) is 3.53. The quantitative estimate of drug-likeness (QED) is 0.432. The lowest BCUT2D eigenvalue weighted by Crippen LogP contribution is -2.44. The lowest BCUT2D eigenvalue weighted by molar-refractivity contribution is 0.333. The summed E-state index contributed by atoms with van der Waals surface area (Å²) in [7, 11) is 6.18. The number of rotatable bonds is 3. The Labute approximate surface area is 72.4 Å². The molecule has 0 unspecified atom stereocenters. The van der Waals surface area contributed by atoms with E-state index in [4.69, 9.17) is 5.73 Å². The molecule has 0 aromatic carbocycles. The minimum absolute atomic E-state index is 0.480. The van der Waals surface area contributed by atoms with Crippen LogP contribution in [-0.2, 0) is 0 Å². The normalized spacial score (nSPS) is 21.2. The third kappa shape index (κ3) is 3.39. The molecule has 0 aliphatic carbocycles. The Morgan fingerprint density at radius 3 is 2.55 bits per heavy atom. The van der Waals surface area contributed by atoms with E-state index in [0.717, 1.165) is 0 Å². The summed E-state index contributed by atoms with van der Waals surface area (Å²) < 4.78 is 0. The highest BCUT2D eigenvalue weighted by Gasteiger charge is 2.15. The first-order valence-corrected chi connectivity index (χ1v) is 4.81. The fourth-order valence-electron chi connectivity index (χ4n) is 1.56. The van der Waals surface area contributed by atoms with E-state index in [2.05, 4.69) is 12.5 Å². The van der Waals surface area contributed by atoms with Crippen molar-refractivity contribution < 1.29 is 0 Å². The Bertz CT molecular complexity index is 102. The Morgan fingerprint density at radius 2 is 2.00 bits per heavy atom. The van der Waals surface area contributed by atoms with E-state index in [1.807, 2.05) is 0 Å². The standard InChI is InChI=1S/C5H16B4N2/c6-7-8-9-11-3-1-5(10)2-4-11/h5,7-9H,1-4,6,10H2. The summed E-state index contributed by atoms with van der Waals surface area (Å²) in [6, 6.07) is 0.480. The van der Waals surface area contributed by atoms with Gasteiger partial charge in [-0.15, -0.1) is 0 Å². The first-order chi connectivity index (χ1) is 5.33. The van der Waals surface area contributed by atoms with E-state index in [9.17, 15) is 0 Å². The van der Waals surface area contributed by atoms with Crippen molar-refractivity contribution in [2.75, 3.05) is 13.1 Å². The molecule has 2 nitrogen and oxygen atoms in total. The highest BCUT2D eigenvalue weighted by molar-refractivity contribution is 7.40. The molecule has 58 valence electrons. The lowest BCUT2D eigenvalue weighted by Gasteiger charge is -2.29. The zero-order chi connectivity index (χ0) is 8.10. The molecule has 1 aliphatic heterocycles. The minimum Gasteiger partial charge on any atom is -0.353 e. The Kier molecular flexibility index (Phi) is 4.16. The van der Waals surface area contributed by atoms with E-state index >= 15 is 0 Å². The molecule has 1 aliphatic rings. The number of hydrogen-bond acceptors (Lipinski definition) is 2. The molecule has 1 fully saturated rings. The van der Waals surface area contributed by atoms with Crippen molar-refractivity contribution in [3.8, 4) is 0 Å². The van der Waals surface area contributed by atoms with Crippen LogP contribution in [0.25, 0.3) is 0 Å². The Morgan fingerprint density at radius 1 is 1.36 bits per heavy atom. The van der Waals surface area contributed by atoms with Crippen LogP contribution in [0.2, 0.25) is 0 Å². The van der Waals surface area contributed by atoms with Gasteiger partial charge in [0, 0.05) is 13.1 Å².